The van der Waals surface area contributed by atoms with Crippen LogP contribution in [0.4, 0.5) is 13.2 Å². The summed E-state index contributed by atoms with van der Waals surface area (Å²) < 4.78 is 44.3. The van der Waals surface area contributed by atoms with Gasteiger partial charge in [-0.05, 0) is 30.0 Å². The highest BCUT2D eigenvalue weighted by atomic mass is 19.4. The predicted molar refractivity (Wildman–Crippen MR) is 115 cm³/mol. The fourth-order valence-corrected chi connectivity index (χ4v) is 5.24. The average molecular weight is 467 g/mol. The van der Waals surface area contributed by atoms with Gasteiger partial charge in [0.25, 0.3) is 0 Å². The SMILES string of the molecule is O=C1O[C@]2(CCN(C(=O)C3(c4ccc(-c5cnc(C(F)(F)F)[nH]5)cc4)CC3)C2)c2ccccc21. The Morgan fingerprint density at radius 2 is 1.79 bits per heavy atom. The summed E-state index contributed by atoms with van der Waals surface area (Å²) in [6.45, 7) is 0.817. The number of carbonyl (C=O) groups is 2. The molecule has 0 bridgehead atoms. The van der Waals surface area contributed by atoms with Crippen LogP contribution < -0.4 is 0 Å². The molecule has 1 aliphatic carbocycles. The Labute approximate surface area is 192 Å². The Hall–Kier alpha value is -3.62. The van der Waals surface area contributed by atoms with Gasteiger partial charge in [-0.15, -0.1) is 0 Å². The van der Waals surface area contributed by atoms with Crippen molar-refractivity contribution in [2.75, 3.05) is 13.1 Å². The van der Waals surface area contributed by atoms with Crippen molar-refractivity contribution in [3.8, 4) is 11.3 Å². The van der Waals surface area contributed by atoms with Crippen LogP contribution in [-0.2, 0) is 26.7 Å². The fraction of sp³-hybridized carbons (Fsp3) is 0.320. The molecule has 3 aromatic rings. The zero-order valence-corrected chi connectivity index (χ0v) is 18.0. The third-order valence-corrected chi connectivity index (χ3v) is 7.20. The maximum atomic E-state index is 13.6. The number of nitrogens with one attached hydrogen (secondary N) is 1. The molecule has 34 heavy (non-hydrogen) atoms. The van der Waals surface area contributed by atoms with Crippen LogP contribution in [0, 0.1) is 0 Å². The van der Waals surface area contributed by atoms with Crippen LogP contribution >= 0.6 is 0 Å². The van der Waals surface area contributed by atoms with Gasteiger partial charge >= 0.3 is 12.1 Å². The Morgan fingerprint density at radius 1 is 1.06 bits per heavy atom. The molecule has 1 aromatic heterocycles. The van der Waals surface area contributed by atoms with Crippen LogP contribution in [0.25, 0.3) is 11.3 Å². The largest absolute Gasteiger partial charge is 0.449 e. The summed E-state index contributed by atoms with van der Waals surface area (Å²) in [5.41, 5.74) is 1.62. The van der Waals surface area contributed by atoms with Crippen molar-refractivity contribution in [1.82, 2.24) is 14.9 Å². The summed E-state index contributed by atoms with van der Waals surface area (Å²) in [6.07, 6.45) is -1.43. The molecule has 3 heterocycles. The Kier molecular flexibility index (Phi) is 4.28. The Balaban J connectivity index is 1.22. The Morgan fingerprint density at radius 3 is 2.47 bits per heavy atom. The lowest BCUT2D eigenvalue weighted by molar-refractivity contribution is -0.144. The van der Waals surface area contributed by atoms with Crippen LogP contribution in [0.3, 0.4) is 0 Å². The van der Waals surface area contributed by atoms with E-state index in [-0.39, 0.29) is 17.6 Å². The molecule has 1 N–H and O–H groups in total. The van der Waals surface area contributed by atoms with Crippen LogP contribution in [0.1, 0.15) is 46.6 Å². The summed E-state index contributed by atoms with van der Waals surface area (Å²) in [5.74, 6) is -1.40. The van der Waals surface area contributed by atoms with Gasteiger partial charge in [0.2, 0.25) is 11.7 Å². The van der Waals surface area contributed by atoms with Gasteiger partial charge in [0, 0.05) is 18.5 Å². The molecule has 2 aliphatic heterocycles. The molecule has 0 radical (unpaired) electrons. The number of nitrogens with zero attached hydrogens (tertiary/aromatic N) is 2. The van der Waals surface area contributed by atoms with Crippen molar-refractivity contribution in [3.63, 3.8) is 0 Å². The van der Waals surface area contributed by atoms with Crippen molar-refractivity contribution in [1.29, 1.82) is 0 Å². The number of hydrogen-bond donors (Lipinski definition) is 1. The number of halogens is 3. The highest BCUT2D eigenvalue weighted by Crippen LogP contribution is 2.52. The van der Waals surface area contributed by atoms with Crippen LogP contribution in [0.2, 0.25) is 0 Å². The van der Waals surface area contributed by atoms with Crippen molar-refractivity contribution < 1.29 is 27.5 Å². The number of H-pyrrole nitrogens is 1. The minimum Gasteiger partial charge on any atom is -0.449 e. The maximum Gasteiger partial charge on any atom is 0.449 e. The first kappa shape index (κ1) is 20.9. The number of ether oxygens (including phenoxy) is 1. The first-order valence-corrected chi connectivity index (χ1v) is 11.1. The molecule has 174 valence electrons. The van der Waals surface area contributed by atoms with E-state index in [1.54, 1.807) is 41.3 Å². The Bertz CT molecular complexity index is 1310. The number of fused-ring (bicyclic) bond motifs is 2. The average Bonchev–Trinajstić information content (AvgIpc) is 3.17. The predicted octanol–water partition coefficient (Wildman–Crippen LogP) is 4.43. The third-order valence-electron chi connectivity index (χ3n) is 7.20. The van der Waals surface area contributed by atoms with Crippen molar-refractivity contribution in [2.24, 2.45) is 0 Å². The van der Waals surface area contributed by atoms with E-state index in [0.717, 1.165) is 17.3 Å². The lowest BCUT2D eigenvalue weighted by Crippen LogP contribution is -2.40. The van der Waals surface area contributed by atoms with E-state index >= 15 is 0 Å². The lowest BCUT2D eigenvalue weighted by Gasteiger charge is -2.27. The zero-order chi connectivity index (χ0) is 23.7. The number of likely N-dealkylation sites (tertiary alicyclic amines) is 1. The molecule has 6 rings (SSSR count). The summed E-state index contributed by atoms with van der Waals surface area (Å²) in [4.78, 5) is 33.4. The standard InChI is InChI=1S/C25H20F3N3O3/c26-25(27,28)21-29-13-19(30-21)15-5-7-16(8-6-15)23(9-10-23)22(33)31-12-11-24(14-31)18-4-2-1-3-17(18)20(32)34-24/h1-8,13H,9-12,14H2,(H,29,30)/t24-/m0/s1. The van der Waals surface area contributed by atoms with Crippen LogP contribution in [0.5, 0.6) is 0 Å². The van der Waals surface area contributed by atoms with E-state index in [4.69, 9.17) is 4.74 Å². The third kappa shape index (κ3) is 3.06. The molecule has 9 heteroatoms. The molecule has 3 aliphatic rings. The maximum absolute atomic E-state index is 13.6. The van der Waals surface area contributed by atoms with Crippen LogP contribution in [-0.4, -0.2) is 39.8 Å². The molecular formula is C25H20F3N3O3. The topological polar surface area (TPSA) is 75.3 Å². The minimum atomic E-state index is -4.54. The number of aromatic amines is 1. The molecule has 2 aromatic carbocycles. The van der Waals surface area contributed by atoms with E-state index in [0.29, 0.717) is 43.5 Å². The number of carbonyl (C=O) groups excluding carboxylic acids is 2. The molecule has 1 saturated carbocycles. The number of hydrogen-bond acceptors (Lipinski definition) is 4. The molecule has 6 nitrogen and oxygen atoms in total. The number of imidazole rings is 1. The normalized spacial score (nSPS) is 22.7. The number of esters is 1. The van der Waals surface area contributed by atoms with Gasteiger partial charge in [0.05, 0.1) is 29.4 Å². The molecule has 2 fully saturated rings. The molecule has 1 amide bonds. The van der Waals surface area contributed by atoms with E-state index in [9.17, 15) is 22.8 Å². The fourth-order valence-electron chi connectivity index (χ4n) is 5.24. The molecule has 1 saturated heterocycles. The number of amides is 1. The molecule has 0 unspecified atom stereocenters. The first-order chi connectivity index (χ1) is 16.2. The number of benzene rings is 2. The number of rotatable bonds is 3. The van der Waals surface area contributed by atoms with Gasteiger partial charge < -0.3 is 14.6 Å². The summed E-state index contributed by atoms with van der Waals surface area (Å²) in [7, 11) is 0. The number of alkyl halides is 3. The van der Waals surface area contributed by atoms with Gasteiger partial charge in [-0.25, -0.2) is 9.78 Å². The van der Waals surface area contributed by atoms with Gasteiger partial charge in [-0.2, -0.15) is 13.2 Å². The van der Waals surface area contributed by atoms with Gasteiger partial charge in [0.1, 0.15) is 0 Å². The van der Waals surface area contributed by atoms with Gasteiger partial charge in [-0.1, -0.05) is 42.5 Å². The van der Waals surface area contributed by atoms with Crippen molar-refractivity contribution in [3.05, 3.63) is 77.2 Å². The van der Waals surface area contributed by atoms with E-state index < -0.39 is 23.0 Å². The minimum absolute atomic E-state index is 0.00143. The highest BCUT2D eigenvalue weighted by molar-refractivity contribution is 5.96. The van der Waals surface area contributed by atoms with Crippen molar-refractivity contribution >= 4 is 11.9 Å². The van der Waals surface area contributed by atoms with E-state index in [1.165, 1.54) is 0 Å². The van der Waals surface area contributed by atoms with Crippen molar-refractivity contribution in [2.45, 2.75) is 36.5 Å². The van der Waals surface area contributed by atoms with E-state index in [2.05, 4.69) is 9.97 Å². The second-order valence-corrected chi connectivity index (χ2v) is 9.21. The smallest absolute Gasteiger partial charge is 0.449 e. The highest BCUT2D eigenvalue weighted by Gasteiger charge is 2.57. The molecule has 1 spiro atoms. The second kappa shape index (κ2) is 6.94. The van der Waals surface area contributed by atoms with Crippen LogP contribution in [0.15, 0.2) is 54.7 Å². The summed E-state index contributed by atoms with van der Waals surface area (Å²) >= 11 is 0. The summed E-state index contributed by atoms with van der Waals surface area (Å²) in [5, 5.41) is 0. The molecular weight excluding hydrogens is 447 g/mol. The lowest BCUT2D eigenvalue weighted by atomic mass is 9.91. The second-order valence-electron chi connectivity index (χ2n) is 9.21. The monoisotopic (exact) mass is 467 g/mol. The summed E-state index contributed by atoms with van der Waals surface area (Å²) in [6, 6.07) is 14.3. The van der Waals surface area contributed by atoms with Gasteiger partial charge in [-0.3, -0.25) is 4.79 Å². The van der Waals surface area contributed by atoms with Gasteiger partial charge in [0.15, 0.2) is 5.60 Å². The quantitative estimate of drug-likeness (QED) is 0.579. The molecule has 1 atom stereocenters. The zero-order valence-electron chi connectivity index (χ0n) is 18.0. The van der Waals surface area contributed by atoms with E-state index in [1.807, 2.05) is 12.1 Å². The first-order valence-electron chi connectivity index (χ1n) is 11.1. The number of aromatic nitrogens is 2.